The highest BCUT2D eigenvalue weighted by Crippen LogP contribution is 2.46. The lowest BCUT2D eigenvalue weighted by molar-refractivity contribution is 1.18. The van der Waals surface area contributed by atoms with E-state index < -0.39 is 0 Å². The van der Waals surface area contributed by atoms with Crippen LogP contribution in [0.15, 0.2) is 328 Å². The van der Waals surface area contributed by atoms with Crippen LogP contribution in [0.1, 0.15) is 0 Å². The number of rotatable bonds is 5. The Kier molecular flexibility index (Phi) is 13.3. The second-order valence-electron chi connectivity index (χ2n) is 25.3. The quantitative estimate of drug-likeness (QED) is 0.187. The van der Waals surface area contributed by atoms with Gasteiger partial charge in [-0.2, -0.15) is 0 Å². The number of aromatic nitrogens is 6. The van der Waals surface area contributed by atoms with Crippen LogP contribution >= 0.6 is 34.3 Å². The highest BCUT2D eigenvalue weighted by atomic mass is 35.5. The number of pyridine rings is 2. The van der Waals surface area contributed by atoms with Crippen molar-refractivity contribution in [2.75, 3.05) is 0 Å². The minimum atomic E-state index is 0.816. The van der Waals surface area contributed by atoms with Crippen LogP contribution in [0.5, 0.6) is 0 Å². The Balaban J connectivity index is 0.000000113. The normalized spacial score (nSPS) is 11.9. The molecule has 0 atom stereocenters. The fraction of sp³-hybridized carbons (Fsp3) is 0. The van der Waals surface area contributed by atoms with Crippen LogP contribution in [0.3, 0.4) is 0 Å². The Labute approximate surface area is 580 Å². The van der Waals surface area contributed by atoms with Gasteiger partial charge in [-0.3, -0.25) is 0 Å². The van der Waals surface area contributed by atoms with Crippen LogP contribution in [0.2, 0.25) is 5.02 Å². The third-order valence-corrected chi connectivity index (χ3v) is 22.6. The van der Waals surface area contributed by atoms with Gasteiger partial charge in [0.05, 0.1) is 75.3 Å². The third kappa shape index (κ3) is 9.22. The van der Waals surface area contributed by atoms with Crippen molar-refractivity contribution in [2.24, 2.45) is 0 Å². The second-order valence-corrected chi connectivity index (χ2v) is 27.8. The van der Waals surface area contributed by atoms with Gasteiger partial charge in [0.1, 0.15) is 0 Å². The summed E-state index contributed by atoms with van der Waals surface area (Å²) in [6.45, 7) is 0. The number of nitrogens with zero attached hydrogens (tertiary/aromatic N) is 5. The molecule has 22 aromatic rings. The number of benzene rings is 14. The van der Waals surface area contributed by atoms with Gasteiger partial charge in [0.25, 0.3) is 0 Å². The molecule has 0 amide bonds. The van der Waals surface area contributed by atoms with E-state index >= 15 is 0 Å². The van der Waals surface area contributed by atoms with Crippen molar-refractivity contribution in [2.45, 2.75) is 0 Å². The Hall–Kier alpha value is -12.2. The van der Waals surface area contributed by atoms with Gasteiger partial charge in [0, 0.05) is 96.4 Å². The molecule has 0 spiro atoms. The van der Waals surface area contributed by atoms with Crippen LogP contribution < -0.4 is 0 Å². The number of hydrogen-bond acceptors (Lipinski definition) is 4. The third-order valence-electron chi connectivity index (χ3n) is 19.8. The van der Waals surface area contributed by atoms with Gasteiger partial charge in [-0.1, -0.05) is 218 Å². The maximum absolute atomic E-state index is 6.52. The van der Waals surface area contributed by atoms with E-state index in [0.717, 1.165) is 42.6 Å². The number of aromatic amines is 1. The van der Waals surface area contributed by atoms with Crippen molar-refractivity contribution in [3.8, 4) is 39.3 Å². The summed E-state index contributed by atoms with van der Waals surface area (Å²) in [5.41, 5.74) is 22.2. The van der Waals surface area contributed by atoms with Crippen LogP contribution in [-0.2, 0) is 0 Å². The standard InChI is InChI=1S/C45H27N3S.C30H20N2.C15H8ClNS/c1-2-12-30(13-3-1)47-38-19-9-5-14-31(38)35-26-28(22-24-40(35)47)29-23-25-41-36(27-29)32-15-6-10-20-39(32)48(41)44-33-16-4-8-18-37(33)46-43-34-17-7-11-21-42(34)49-45(43)44;1-2-8-22(9-3-1)32-29-13-7-5-11-24(29)26-19-21(15-17-30(26)32)20-14-16-28-25(18-20)23-10-4-6-12-27(23)31-28;16-13-9-5-1-3-7-11(9)17-14-10-6-2-4-8-12(10)18-15(13)14/h1-27H;1-19,31H;1-8H. The number of para-hydroxylation sites is 8. The van der Waals surface area contributed by atoms with E-state index in [0.29, 0.717) is 0 Å². The molecular weight excluding hydrogens is 1260 g/mol. The lowest BCUT2D eigenvalue weighted by Crippen LogP contribution is -1.97. The lowest BCUT2D eigenvalue weighted by Gasteiger charge is -2.13. The van der Waals surface area contributed by atoms with E-state index in [9.17, 15) is 0 Å². The highest BCUT2D eigenvalue weighted by Gasteiger charge is 2.23. The number of H-pyrrole nitrogens is 1. The fourth-order valence-corrected chi connectivity index (χ4v) is 17.9. The molecule has 14 aromatic carbocycles. The molecule has 0 radical (unpaired) electrons. The first-order valence-electron chi connectivity index (χ1n) is 33.3. The first kappa shape index (κ1) is 57.1. The molecule has 0 bridgehead atoms. The average molecular weight is 1320 g/mol. The van der Waals surface area contributed by atoms with Crippen molar-refractivity contribution in [3.05, 3.63) is 333 Å². The highest BCUT2D eigenvalue weighted by molar-refractivity contribution is 7.26. The first-order chi connectivity index (χ1) is 49.0. The maximum atomic E-state index is 6.52. The van der Waals surface area contributed by atoms with E-state index in [1.807, 2.05) is 47.7 Å². The fourth-order valence-electron chi connectivity index (χ4n) is 15.3. The molecule has 22 rings (SSSR count). The Morgan fingerprint density at radius 3 is 1.15 bits per heavy atom. The molecule has 99 heavy (non-hydrogen) atoms. The summed E-state index contributed by atoms with van der Waals surface area (Å²) >= 11 is 10.1. The first-order valence-corrected chi connectivity index (χ1v) is 35.3. The molecule has 0 saturated heterocycles. The molecule has 0 unspecified atom stereocenters. The van der Waals surface area contributed by atoms with Crippen molar-refractivity contribution in [3.63, 3.8) is 0 Å². The lowest BCUT2D eigenvalue weighted by atomic mass is 10.0. The summed E-state index contributed by atoms with van der Waals surface area (Å²) in [5.74, 6) is 0. The van der Waals surface area contributed by atoms with E-state index in [-0.39, 0.29) is 0 Å². The predicted molar refractivity (Wildman–Crippen MR) is 424 cm³/mol. The van der Waals surface area contributed by atoms with Gasteiger partial charge in [-0.05, 0) is 144 Å². The molecule has 0 saturated carbocycles. The summed E-state index contributed by atoms with van der Waals surface area (Å²) in [4.78, 5) is 13.5. The van der Waals surface area contributed by atoms with Crippen LogP contribution in [0.4, 0.5) is 0 Å². The van der Waals surface area contributed by atoms with Crippen molar-refractivity contribution >= 4 is 184 Å². The van der Waals surface area contributed by atoms with Gasteiger partial charge < -0.3 is 18.7 Å². The maximum Gasteiger partial charge on any atom is 0.0917 e. The molecule has 464 valence electrons. The van der Waals surface area contributed by atoms with Crippen molar-refractivity contribution in [1.82, 2.24) is 28.7 Å². The van der Waals surface area contributed by atoms with Crippen LogP contribution in [0, 0.1) is 0 Å². The molecule has 0 aliphatic rings. The van der Waals surface area contributed by atoms with E-state index in [1.54, 1.807) is 11.3 Å². The molecule has 9 heteroatoms. The summed E-state index contributed by atoms with van der Waals surface area (Å²) in [5, 5.41) is 15.5. The minimum Gasteiger partial charge on any atom is -0.355 e. The van der Waals surface area contributed by atoms with Gasteiger partial charge in [-0.25, -0.2) is 9.97 Å². The molecule has 1 N–H and O–H groups in total. The Morgan fingerprint density at radius 2 is 0.616 bits per heavy atom. The van der Waals surface area contributed by atoms with Gasteiger partial charge in [0.15, 0.2) is 0 Å². The van der Waals surface area contributed by atoms with Crippen molar-refractivity contribution < 1.29 is 0 Å². The molecule has 0 fully saturated rings. The number of thiophene rings is 2. The number of fused-ring (bicyclic) bond motifs is 20. The number of halogens is 1. The molecule has 6 nitrogen and oxygen atoms in total. The smallest absolute Gasteiger partial charge is 0.0917 e. The largest absolute Gasteiger partial charge is 0.355 e. The van der Waals surface area contributed by atoms with Crippen LogP contribution in [-0.4, -0.2) is 28.7 Å². The molecule has 0 aliphatic carbocycles. The van der Waals surface area contributed by atoms with Gasteiger partial charge in [0.2, 0.25) is 0 Å². The van der Waals surface area contributed by atoms with Gasteiger partial charge >= 0.3 is 0 Å². The van der Waals surface area contributed by atoms with Gasteiger partial charge in [-0.15, -0.1) is 22.7 Å². The minimum absolute atomic E-state index is 0.816. The zero-order chi connectivity index (χ0) is 65.2. The summed E-state index contributed by atoms with van der Waals surface area (Å²) < 4.78 is 12.0. The van der Waals surface area contributed by atoms with Crippen LogP contribution in [0.25, 0.3) is 189 Å². The topological polar surface area (TPSA) is 56.4 Å². The zero-order valence-corrected chi connectivity index (χ0v) is 55.5. The summed E-state index contributed by atoms with van der Waals surface area (Å²) in [7, 11) is 0. The molecule has 0 aliphatic heterocycles. The Morgan fingerprint density at radius 1 is 0.263 bits per heavy atom. The second kappa shape index (κ2) is 23.0. The summed E-state index contributed by atoms with van der Waals surface area (Å²) in [6, 6.07) is 117. The molecule has 8 aromatic heterocycles. The monoisotopic (exact) mass is 1320 g/mol. The average Bonchev–Trinajstić information content (AvgIpc) is 1.57. The van der Waals surface area contributed by atoms with E-state index in [4.69, 9.17) is 21.6 Å². The predicted octanol–water partition coefficient (Wildman–Crippen LogP) is 25.8. The number of nitrogens with one attached hydrogen (secondary N) is 1. The van der Waals surface area contributed by atoms with E-state index in [1.165, 1.54) is 151 Å². The zero-order valence-electron chi connectivity index (χ0n) is 53.1. The van der Waals surface area contributed by atoms with E-state index in [2.05, 4.69) is 310 Å². The Bertz CT molecular complexity index is 7010. The molecular formula is C90H55ClN6S2. The number of hydrogen-bond donors (Lipinski definition) is 1. The summed E-state index contributed by atoms with van der Waals surface area (Å²) in [6.07, 6.45) is 0. The SMILES string of the molecule is Clc1c2ccccc2nc2c1sc1ccccc12.c1ccc(-n2c3ccccc3c3cc(-c4ccc5[nH]c6ccccc6c5c4)ccc32)cc1.c1ccc(-n2c3ccccc3c3cc(-c4ccc5c(c4)c4ccccc4n5-c4c5ccccc5nc5c4sc4ccccc45)ccc32)cc1. The van der Waals surface area contributed by atoms with Crippen molar-refractivity contribution in [1.29, 1.82) is 0 Å². The molecule has 8 heterocycles.